The van der Waals surface area contributed by atoms with Gasteiger partial charge >= 0.3 is 0 Å². The zero-order chi connectivity index (χ0) is 14.8. The number of halogens is 1. The van der Waals surface area contributed by atoms with Gasteiger partial charge in [0.25, 0.3) is 0 Å². The number of hydrogen-bond acceptors (Lipinski definition) is 4. The predicted octanol–water partition coefficient (Wildman–Crippen LogP) is 1.91. The van der Waals surface area contributed by atoms with Crippen molar-refractivity contribution in [2.75, 3.05) is 18.4 Å². The lowest BCUT2D eigenvalue weighted by Gasteiger charge is -2.33. The quantitative estimate of drug-likeness (QED) is 0.891. The van der Waals surface area contributed by atoms with Crippen LogP contribution >= 0.6 is 11.6 Å². The lowest BCUT2D eigenvalue weighted by Crippen LogP contribution is -2.48. The second-order valence-electron chi connectivity index (χ2n) is 5.69. The summed E-state index contributed by atoms with van der Waals surface area (Å²) in [6, 6.07) is 3.36. The molecule has 1 aliphatic heterocycles. The Hall–Kier alpha value is -1.17. The van der Waals surface area contributed by atoms with E-state index in [-0.39, 0.29) is 18.5 Å². The van der Waals surface area contributed by atoms with Crippen molar-refractivity contribution in [1.82, 2.24) is 9.88 Å². The largest absolute Gasteiger partial charge is 0.389 e. The summed E-state index contributed by atoms with van der Waals surface area (Å²) in [7, 11) is 0. The molecule has 0 saturated carbocycles. The lowest BCUT2D eigenvalue weighted by molar-refractivity contribution is -0.118. The lowest BCUT2D eigenvalue weighted by atomic mass is 9.97. The van der Waals surface area contributed by atoms with Crippen LogP contribution in [0.5, 0.6) is 0 Å². The summed E-state index contributed by atoms with van der Waals surface area (Å²) in [6.45, 7) is 4.67. The van der Waals surface area contributed by atoms with E-state index in [4.69, 9.17) is 11.6 Å². The molecule has 1 aromatic rings. The number of carbonyl (C=O) groups excluding carboxylic acids is 1. The van der Waals surface area contributed by atoms with Crippen LogP contribution in [0.25, 0.3) is 0 Å². The summed E-state index contributed by atoms with van der Waals surface area (Å²) in [4.78, 5) is 18.1. The number of aliphatic hydroxyl groups is 1. The number of likely N-dealkylation sites (tertiary alicyclic amines) is 1. The van der Waals surface area contributed by atoms with Crippen molar-refractivity contribution in [3.63, 3.8) is 0 Å². The Morgan fingerprint density at radius 3 is 2.95 bits per heavy atom. The summed E-state index contributed by atoms with van der Waals surface area (Å²) in [5.74, 6) is 0.356. The number of amides is 1. The SMILES string of the molecule is CC(C)(O)C1CCCN1CC(=O)Nc1ccc(Cl)cn1. The predicted molar refractivity (Wildman–Crippen MR) is 78.8 cm³/mol. The molecule has 0 spiro atoms. The van der Waals surface area contributed by atoms with E-state index in [2.05, 4.69) is 10.3 Å². The van der Waals surface area contributed by atoms with Crippen molar-refractivity contribution in [3.8, 4) is 0 Å². The van der Waals surface area contributed by atoms with Crippen LogP contribution in [0.15, 0.2) is 18.3 Å². The highest BCUT2D eigenvalue weighted by Crippen LogP contribution is 2.26. The smallest absolute Gasteiger partial charge is 0.239 e. The molecule has 110 valence electrons. The topological polar surface area (TPSA) is 65.5 Å². The third kappa shape index (κ3) is 3.91. The van der Waals surface area contributed by atoms with Gasteiger partial charge in [0.2, 0.25) is 5.91 Å². The third-order valence-corrected chi connectivity index (χ3v) is 3.74. The molecule has 0 bridgehead atoms. The van der Waals surface area contributed by atoms with Crippen molar-refractivity contribution >= 4 is 23.3 Å². The first-order valence-electron chi connectivity index (χ1n) is 6.74. The van der Waals surface area contributed by atoms with Crippen LogP contribution in [-0.4, -0.2) is 45.6 Å². The van der Waals surface area contributed by atoms with E-state index in [9.17, 15) is 9.90 Å². The summed E-state index contributed by atoms with van der Waals surface area (Å²) < 4.78 is 0. The van der Waals surface area contributed by atoms with Crippen molar-refractivity contribution in [2.24, 2.45) is 0 Å². The fraction of sp³-hybridized carbons (Fsp3) is 0.571. The minimum Gasteiger partial charge on any atom is -0.389 e. The number of nitrogens with one attached hydrogen (secondary N) is 1. The van der Waals surface area contributed by atoms with Crippen molar-refractivity contribution < 1.29 is 9.90 Å². The summed E-state index contributed by atoms with van der Waals surface area (Å²) in [5, 5.41) is 13.4. The van der Waals surface area contributed by atoms with Gasteiger partial charge in [0.1, 0.15) is 5.82 Å². The van der Waals surface area contributed by atoms with Crippen LogP contribution < -0.4 is 5.32 Å². The number of aromatic nitrogens is 1. The van der Waals surface area contributed by atoms with E-state index in [0.717, 1.165) is 19.4 Å². The van der Waals surface area contributed by atoms with Gasteiger partial charge in [-0.25, -0.2) is 4.98 Å². The molecule has 0 radical (unpaired) electrons. The number of nitrogens with zero attached hydrogens (tertiary/aromatic N) is 2. The maximum absolute atomic E-state index is 12.0. The molecule has 0 aliphatic carbocycles. The van der Waals surface area contributed by atoms with Crippen LogP contribution in [0.3, 0.4) is 0 Å². The second-order valence-corrected chi connectivity index (χ2v) is 6.13. The van der Waals surface area contributed by atoms with E-state index < -0.39 is 5.60 Å². The first-order valence-corrected chi connectivity index (χ1v) is 7.12. The number of hydrogen-bond donors (Lipinski definition) is 2. The molecule has 1 aliphatic rings. The van der Waals surface area contributed by atoms with Crippen molar-refractivity contribution in [1.29, 1.82) is 0 Å². The van der Waals surface area contributed by atoms with Crippen LogP contribution in [0.4, 0.5) is 5.82 Å². The average molecular weight is 298 g/mol. The Kier molecular flexibility index (Phi) is 4.62. The first kappa shape index (κ1) is 15.2. The van der Waals surface area contributed by atoms with Gasteiger partial charge in [-0.2, -0.15) is 0 Å². The highest BCUT2D eigenvalue weighted by atomic mass is 35.5. The standard InChI is InChI=1S/C14H20ClN3O2/c1-14(2,20)11-4-3-7-18(11)9-13(19)17-12-6-5-10(15)8-16-12/h5-6,8,11,20H,3-4,7,9H2,1-2H3,(H,16,17,19). The van der Waals surface area contributed by atoms with E-state index in [1.807, 2.05) is 4.90 Å². The Balaban J connectivity index is 1.92. The number of rotatable bonds is 4. The Labute approximate surface area is 123 Å². The fourth-order valence-corrected chi connectivity index (χ4v) is 2.74. The van der Waals surface area contributed by atoms with Gasteiger partial charge in [-0.05, 0) is 45.4 Å². The summed E-state index contributed by atoms with van der Waals surface area (Å²) in [6.07, 6.45) is 3.41. The monoisotopic (exact) mass is 297 g/mol. The molecule has 1 fully saturated rings. The van der Waals surface area contributed by atoms with Crippen molar-refractivity contribution in [2.45, 2.75) is 38.3 Å². The summed E-state index contributed by atoms with van der Waals surface area (Å²) in [5.41, 5.74) is -0.796. The molecular formula is C14H20ClN3O2. The van der Waals surface area contributed by atoms with E-state index in [1.165, 1.54) is 6.20 Å². The second kappa shape index (κ2) is 6.08. The Bertz CT molecular complexity index is 470. The zero-order valence-corrected chi connectivity index (χ0v) is 12.5. The summed E-state index contributed by atoms with van der Waals surface area (Å²) >= 11 is 5.74. The van der Waals surface area contributed by atoms with E-state index in [0.29, 0.717) is 10.8 Å². The normalized spacial score (nSPS) is 20.1. The van der Waals surface area contributed by atoms with Gasteiger partial charge in [-0.15, -0.1) is 0 Å². The number of anilines is 1. The average Bonchev–Trinajstić information content (AvgIpc) is 2.80. The maximum Gasteiger partial charge on any atom is 0.239 e. The molecule has 6 heteroatoms. The molecule has 20 heavy (non-hydrogen) atoms. The van der Waals surface area contributed by atoms with Gasteiger partial charge in [-0.1, -0.05) is 11.6 Å². The Morgan fingerprint density at radius 1 is 1.60 bits per heavy atom. The molecule has 1 saturated heterocycles. The zero-order valence-electron chi connectivity index (χ0n) is 11.8. The first-order chi connectivity index (χ1) is 9.36. The molecule has 2 N–H and O–H groups in total. The number of carbonyl (C=O) groups is 1. The van der Waals surface area contributed by atoms with Crippen LogP contribution in [0.1, 0.15) is 26.7 Å². The molecule has 1 unspecified atom stereocenters. The minimum atomic E-state index is -0.796. The molecule has 0 aromatic carbocycles. The van der Waals surface area contributed by atoms with Crippen LogP contribution in [-0.2, 0) is 4.79 Å². The van der Waals surface area contributed by atoms with Crippen LogP contribution in [0, 0.1) is 0 Å². The van der Waals surface area contributed by atoms with Gasteiger partial charge in [0.15, 0.2) is 0 Å². The molecule has 5 nitrogen and oxygen atoms in total. The Morgan fingerprint density at radius 2 is 2.35 bits per heavy atom. The molecule has 2 heterocycles. The fourth-order valence-electron chi connectivity index (χ4n) is 2.63. The molecule has 2 rings (SSSR count). The maximum atomic E-state index is 12.0. The molecule has 1 amide bonds. The van der Waals surface area contributed by atoms with Gasteiger partial charge in [0, 0.05) is 12.2 Å². The highest BCUT2D eigenvalue weighted by molar-refractivity contribution is 6.30. The van der Waals surface area contributed by atoms with Gasteiger partial charge in [-0.3, -0.25) is 9.69 Å². The molecular weight excluding hydrogens is 278 g/mol. The molecule has 1 atom stereocenters. The van der Waals surface area contributed by atoms with Gasteiger partial charge in [0.05, 0.1) is 17.2 Å². The minimum absolute atomic E-state index is 0.0198. The molecule has 1 aromatic heterocycles. The van der Waals surface area contributed by atoms with Crippen molar-refractivity contribution in [3.05, 3.63) is 23.4 Å². The number of pyridine rings is 1. The van der Waals surface area contributed by atoms with E-state index in [1.54, 1.807) is 26.0 Å². The van der Waals surface area contributed by atoms with Gasteiger partial charge < -0.3 is 10.4 Å². The highest BCUT2D eigenvalue weighted by Gasteiger charge is 2.36. The van der Waals surface area contributed by atoms with E-state index >= 15 is 0 Å². The third-order valence-electron chi connectivity index (χ3n) is 3.52. The van der Waals surface area contributed by atoms with Crippen LogP contribution in [0.2, 0.25) is 5.02 Å².